The summed E-state index contributed by atoms with van der Waals surface area (Å²) in [7, 11) is 0. The second kappa shape index (κ2) is 4.28. The molecule has 0 bridgehead atoms. The van der Waals surface area contributed by atoms with Gasteiger partial charge in [-0.25, -0.2) is 5.01 Å². The summed E-state index contributed by atoms with van der Waals surface area (Å²) >= 11 is 0. The molecule has 4 nitrogen and oxygen atoms in total. The Morgan fingerprint density at radius 2 is 2.14 bits per heavy atom. The van der Waals surface area contributed by atoms with E-state index in [1.165, 1.54) is 0 Å². The van der Waals surface area contributed by atoms with Gasteiger partial charge in [0.05, 0.1) is 5.60 Å². The van der Waals surface area contributed by atoms with Gasteiger partial charge < -0.3 is 5.11 Å². The first kappa shape index (κ1) is 11.5. The third-order valence-electron chi connectivity index (χ3n) is 2.31. The van der Waals surface area contributed by atoms with Gasteiger partial charge in [0, 0.05) is 26.1 Å². The zero-order valence-corrected chi connectivity index (χ0v) is 9.29. The Morgan fingerprint density at radius 1 is 1.50 bits per heavy atom. The maximum Gasteiger partial charge on any atom is 0.236 e. The lowest BCUT2D eigenvalue weighted by Gasteiger charge is -2.40. The number of carbonyl (C=O) groups excluding carboxylic acids is 1. The molecule has 1 fully saturated rings. The summed E-state index contributed by atoms with van der Waals surface area (Å²) < 4.78 is 0. The van der Waals surface area contributed by atoms with Crippen molar-refractivity contribution in [2.24, 2.45) is 0 Å². The first-order chi connectivity index (χ1) is 6.44. The van der Waals surface area contributed by atoms with E-state index in [1.807, 2.05) is 11.9 Å². The van der Waals surface area contributed by atoms with Gasteiger partial charge in [-0.05, 0) is 27.2 Å². The number of β-amino-alcohol motifs (C(OH)–C–C–N with tert-alkyl or cyclic N) is 1. The lowest BCUT2D eigenvalue weighted by molar-refractivity contribution is -0.160. The van der Waals surface area contributed by atoms with Crippen molar-refractivity contribution >= 4 is 5.91 Å². The van der Waals surface area contributed by atoms with Crippen molar-refractivity contribution in [1.29, 1.82) is 0 Å². The summed E-state index contributed by atoms with van der Waals surface area (Å²) in [6, 6.07) is 0. The molecular formula is C10H20N2O2. The van der Waals surface area contributed by atoms with Crippen LogP contribution in [-0.2, 0) is 4.79 Å². The van der Waals surface area contributed by atoms with Gasteiger partial charge in [-0.15, -0.1) is 0 Å². The van der Waals surface area contributed by atoms with Crippen molar-refractivity contribution < 1.29 is 9.90 Å². The summed E-state index contributed by atoms with van der Waals surface area (Å²) in [6.07, 6.45) is 1.53. The van der Waals surface area contributed by atoms with Crippen LogP contribution >= 0.6 is 0 Å². The first-order valence-corrected chi connectivity index (χ1v) is 5.21. The zero-order valence-electron chi connectivity index (χ0n) is 9.29. The molecule has 0 spiro atoms. The van der Waals surface area contributed by atoms with Gasteiger partial charge in [0.1, 0.15) is 0 Å². The third-order valence-corrected chi connectivity index (χ3v) is 2.31. The molecule has 0 aliphatic carbocycles. The van der Waals surface area contributed by atoms with Gasteiger partial charge in [0.15, 0.2) is 0 Å². The fourth-order valence-corrected chi connectivity index (χ4v) is 1.81. The lowest BCUT2D eigenvalue weighted by Crippen LogP contribution is -2.54. The van der Waals surface area contributed by atoms with Crippen LogP contribution in [0.1, 0.15) is 33.6 Å². The van der Waals surface area contributed by atoms with Crippen LogP contribution in [0.2, 0.25) is 0 Å². The average Bonchev–Trinajstić information content (AvgIpc) is 2.01. The SMILES string of the molecule is CCN1C(=O)CCCN1CC(C)(C)O. The standard InChI is InChI=1S/C10H20N2O2/c1-4-12-9(13)6-5-7-11(12)8-10(2,3)14/h14H,4-8H2,1-3H3. The Bertz CT molecular complexity index is 211. The summed E-state index contributed by atoms with van der Waals surface area (Å²) in [5.41, 5.74) is -0.745. The Labute approximate surface area is 85.5 Å². The van der Waals surface area contributed by atoms with Gasteiger partial charge in [0.2, 0.25) is 5.91 Å². The highest BCUT2D eigenvalue weighted by Gasteiger charge is 2.28. The molecule has 1 saturated heterocycles. The third kappa shape index (κ3) is 2.96. The molecule has 0 aromatic rings. The highest BCUT2D eigenvalue weighted by Crippen LogP contribution is 2.15. The fourth-order valence-electron chi connectivity index (χ4n) is 1.81. The fraction of sp³-hybridized carbons (Fsp3) is 0.900. The van der Waals surface area contributed by atoms with Crippen LogP contribution in [0.15, 0.2) is 0 Å². The van der Waals surface area contributed by atoms with Crippen molar-refractivity contribution in [1.82, 2.24) is 10.0 Å². The maximum absolute atomic E-state index is 11.5. The van der Waals surface area contributed by atoms with Crippen LogP contribution in [0.25, 0.3) is 0 Å². The molecule has 1 amide bonds. The second-order valence-corrected chi connectivity index (χ2v) is 4.41. The number of nitrogens with zero attached hydrogens (tertiary/aromatic N) is 2. The molecule has 0 saturated carbocycles. The van der Waals surface area contributed by atoms with Gasteiger partial charge in [-0.3, -0.25) is 9.80 Å². The molecule has 0 unspecified atom stereocenters. The van der Waals surface area contributed by atoms with E-state index in [9.17, 15) is 9.90 Å². The largest absolute Gasteiger partial charge is 0.389 e. The Morgan fingerprint density at radius 3 is 2.64 bits per heavy atom. The summed E-state index contributed by atoms with van der Waals surface area (Å²) in [5.74, 6) is 0.169. The summed E-state index contributed by atoms with van der Waals surface area (Å²) in [5, 5.41) is 13.4. The normalized spacial score (nSPS) is 20.3. The van der Waals surface area contributed by atoms with Crippen molar-refractivity contribution in [2.45, 2.75) is 39.2 Å². The molecule has 0 aromatic heterocycles. The second-order valence-electron chi connectivity index (χ2n) is 4.41. The van der Waals surface area contributed by atoms with Crippen molar-refractivity contribution in [2.75, 3.05) is 19.6 Å². The predicted molar refractivity (Wildman–Crippen MR) is 54.5 cm³/mol. The van der Waals surface area contributed by atoms with Gasteiger partial charge in [-0.2, -0.15) is 0 Å². The van der Waals surface area contributed by atoms with Gasteiger partial charge in [-0.1, -0.05) is 0 Å². The summed E-state index contributed by atoms with van der Waals surface area (Å²) in [4.78, 5) is 11.5. The molecule has 82 valence electrons. The maximum atomic E-state index is 11.5. The Kier molecular flexibility index (Phi) is 3.50. The first-order valence-electron chi connectivity index (χ1n) is 5.21. The van der Waals surface area contributed by atoms with E-state index in [1.54, 1.807) is 18.9 Å². The van der Waals surface area contributed by atoms with Crippen LogP contribution in [0.4, 0.5) is 0 Å². The predicted octanol–water partition coefficient (Wildman–Crippen LogP) is 0.617. The Hall–Kier alpha value is -0.610. The molecule has 0 radical (unpaired) electrons. The minimum Gasteiger partial charge on any atom is -0.389 e. The van der Waals surface area contributed by atoms with E-state index in [4.69, 9.17) is 0 Å². The number of carbonyl (C=O) groups is 1. The molecule has 0 aromatic carbocycles. The summed E-state index contributed by atoms with van der Waals surface area (Å²) in [6.45, 7) is 7.56. The van der Waals surface area contributed by atoms with Crippen molar-refractivity contribution in [3.8, 4) is 0 Å². The Balaban J connectivity index is 2.61. The van der Waals surface area contributed by atoms with E-state index in [2.05, 4.69) is 0 Å². The van der Waals surface area contributed by atoms with E-state index < -0.39 is 5.60 Å². The minimum atomic E-state index is -0.745. The topological polar surface area (TPSA) is 43.8 Å². The highest BCUT2D eigenvalue weighted by molar-refractivity contribution is 5.76. The van der Waals surface area contributed by atoms with E-state index >= 15 is 0 Å². The van der Waals surface area contributed by atoms with Crippen LogP contribution < -0.4 is 0 Å². The molecule has 14 heavy (non-hydrogen) atoms. The number of hydrogen-bond acceptors (Lipinski definition) is 3. The van der Waals surface area contributed by atoms with Crippen LogP contribution in [0.5, 0.6) is 0 Å². The number of aliphatic hydroxyl groups is 1. The van der Waals surface area contributed by atoms with Crippen molar-refractivity contribution in [3.63, 3.8) is 0 Å². The monoisotopic (exact) mass is 200 g/mol. The average molecular weight is 200 g/mol. The molecule has 1 aliphatic heterocycles. The highest BCUT2D eigenvalue weighted by atomic mass is 16.3. The van der Waals surface area contributed by atoms with Crippen LogP contribution in [0.3, 0.4) is 0 Å². The molecule has 0 atom stereocenters. The molecular weight excluding hydrogens is 180 g/mol. The van der Waals surface area contributed by atoms with Crippen LogP contribution in [0, 0.1) is 0 Å². The van der Waals surface area contributed by atoms with Gasteiger partial charge >= 0.3 is 0 Å². The molecule has 1 heterocycles. The van der Waals surface area contributed by atoms with E-state index in [0.717, 1.165) is 13.0 Å². The van der Waals surface area contributed by atoms with E-state index in [0.29, 0.717) is 19.5 Å². The zero-order chi connectivity index (χ0) is 10.8. The molecule has 1 N–H and O–H groups in total. The number of hydrazine groups is 1. The minimum absolute atomic E-state index is 0.169. The van der Waals surface area contributed by atoms with Crippen LogP contribution in [-0.4, -0.2) is 46.3 Å². The smallest absolute Gasteiger partial charge is 0.236 e. The quantitative estimate of drug-likeness (QED) is 0.726. The number of hydrogen-bond donors (Lipinski definition) is 1. The molecule has 1 rings (SSSR count). The number of rotatable bonds is 3. The molecule has 1 aliphatic rings. The lowest BCUT2D eigenvalue weighted by atomic mass is 10.1. The van der Waals surface area contributed by atoms with E-state index in [-0.39, 0.29) is 5.91 Å². The number of amides is 1. The molecule has 4 heteroatoms. The van der Waals surface area contributed by atoms with Crippen molar-refractivity contribution in [3.05, 3.63) is 0 Å². The van der Waals surface area contributed by atoms with Gasteiger partial charge in [0.25, 0.3) is 0 Å².